The van der Waals surface area contributed by atoms with Gasteiger partial charge in [0.1, 0.15) is 16.8 Å². The van der Waals surface area contributed by atoms with Crippen LogP contribution in [0.5, 0.6) is 0 Å². The summed E-state index contributed by atoms with van der Waals surface area (Å²) < 4.78 is 24.4. The first-order chi connectivity index (χ1) is 7.18. The molecule has 0 amide bonds. The Balaban J connectivity index is 2.28. The van der Waals surface area contributed by atoms with Crippen molar-refractivity contribution < 1.29 is 8.60 Å². The van der Waals surface area contributed by atoms with Crippen molar-refractivity contribution in [3.05, 3.63) is 29.6 Å². The summed E-state index contributed by atoms with van der Waals surface area (Å²) >= 11 is 0. The highest BCUT2D eigenvalue weighted by Crippen LogP contribution is 2.24. The molecule has 0 saturated carbocycles. The fourth-order valence-electron chi connectivity index (χ4n) is 1.87. The molecule has 5 heteroatoms. The molecule has 2 unspecified atom stereocenters. The molecule has 1 aromatic rings. The Morgan fingerprint density at radius 3 is 2.87 bits per heavy atom. The predicted molar refractivity (Wildman–Crippen MR) is 57.2 cm³/mol. The minimum Gasteiger partial charge on any atom is -0.316 e. The predicted octanol–water partition coefficient (Wildman–Crippen LogP) is 0.884. The number of nitrogens with one attached hydrogen (secondary N) is 1. The van der Waals surface area contributed by atoms with Crippen LogP contribution in [0.4, 0.5) is 4.39 Å². The van der Waals surface area contributed by atoms with Crippen molar-refractivity contribution in [2.24, 2.45) is 5.14 Å². The Bertz CT molecular complexity index is 391. The lowest BCUT2D eigenvalue weighted by atomic mass is 9.98. The first-order valence-electron chi connectivity index (χ1n) is 4.85. The van der Waals surface area contributed by atoms with Gasteiger partial charge in [0.25, 0.3) is 0 Å². The van der Waals surface area contributed by atoms with E-state index in [1.807, 2.05) is 0 Å². The molecule has 0 aromatic heterocycles. The lowest BCUT2D eigenvalue weighted by Crippen LogP contribution is -2.09. The van der Waals surface area contributed by atoms with E-state index in [1.165, 1.54) is 12.1 Å². The molecule has 15 heavy (non-hydrogen) atoms. The molecule has 0 radical (unpaired) electrons. The smallest absolute Gasteiger partial charge is 0.140 e. The highest BCUT2D eigenvalue weighted by molar-refractivity contribution is 7.82. The van der Waals surface area contributed by atoms with E-state index in [0.717, 1.165) is 25.1 Å². The van der Waals surface area contributed by atoms with E-state index in [-0.39, 0.29) is 4.90 Å². The van der Waals surface area contributed by atoms with Crippen LogP contribution in [0.1, 0.15) is 17.9 Å². The summed E-state index contributed by atoms with van der Waals surface area (Å²) in [5.74, 6) is -0.111. The fraction of sp³-hybridized carbons (Fsp3) is 0.400. The molecule has 0 bridgehead atoms. The second-order valence-electron chi connectivity index (χ2n) is 3.68. The molecule has 1 aliphatic rings. The van der Waals surface area contributed by atoms with Gasteiger partial charge in [-0.15, -0.1) is 0 Å². The van der Waals surface area contributed by atoms with Crippen LogP contribution < -0.4 is 10.5 Å². The van der Waals surface area contributed by atoms with Crippen LogP contribution in [0.25, 0.3) is 0 Å². The number of halogens is 1. The van der Waals surface area contributed by atoms with Crippen LogP contribution in [0.2, 0.25) is 0 Å². The molecule has 1 heterocycles. The van der Waals surface area contributed by atoms with Gasteiger partial charge in [0.05, 0.1) is 4.90 Å². The van der Waals surface area contributed by atoms with Crippen molar-refractivity contribution >= 4 is 11.0 Å². The van der Waals surface area contributed by atoms with Crippen LogP contribution >= 0.6 is 0 Å². The molecule has 1 fully saturated rings. The van der Waals surface area contributed by atoms with Gasteiger partial charge in [-0.25, -0.2) is 13.7 Å². The summed E-state index contributed by atoms with van der Waals surface area (Å²) in [5.41, 5.74) is 0.951. The number of nitrogens with two attached hydrogens (primary N) is 1. The molecule has 1 saturated heterocycles. The van der Waals surface area contributed by atoms with E-state index in [0.29, 0.717) is 5.92 Å². The maximum absolute atomic E-state index is 13.5. The van der Waals surface area contributed by atoms with Gasteiger partial charge in [0.15, 0.2) is 0 Å². The first-order valence-corrected chi connectivity index (χ1v) is 6.06. The average molecular weight is 228 g/mol. The van der Waals surface area contributed by atoms with E-state index in [1.54, 1.807) is 6.07 Å². The van der Waals surface area contributed by atoms with Crippen LogP contribution in [0.3, 0.4) is 0 Å². The summed E-state index contributed by atoms with van der Waals surface area (Å²) in [4.78, 5) is 0.0738. The molecule has 2 atom stereocenters. The monoisotopic (exact) mass is 228 g/mol. The first kappa shape index (κ1) is 10.7. The SMILES string of the molecule is NS(=O)c1ccc(C2CCNC2)cc1F. The Morgan fingerprint density at radius 1 is 1.53 bits per heavy atom. The Hall–Kier alpha value is -0.780. The zero-order valence-corrected chi connectivity index (χ0v) is 9.02. The summed E-state index contributed by atoms with van der Waals surface area (Å²) in [6, 6.07) is 4.76. The van der Waals surface area contributed by atoms with E-state index in [4.69, 9.17) is 5.14 Å². The van der Waals surface area contributed by atoms with Gasteiger partial charge in [0, 0.05) is 6.54 Å². The largest absolute Gasteiger partial charge is 0.316 e. The summed E-state index contributed by atoms with van der Waals surface area (Å²) in [6.45, 7) is 1.85. The number of hydrogen-bond acceptors (Lipinski definition) is 2. The lowest BCUT2D eigenvalue weighted by Gasteiger charge is -2.09. The normalized spacial score (nSPS) is 22.9. The molecule has 3 nitrogen and oxygen atoms in total. The van der Waals surface area contributed by atoms with Crippen molar-refractivity contribution in [1.29, 1.82) is 0 Å². The highest BCUT2D eigenvalue weighted by atomic mass is 32.2. The quantitative estimate of drug-likeness (QED) is 0.789. The van der Waals surface area contributed by atoms with Gasteiger partial charge in [0.2, 0.25) is 0 Å². The van der Waals surface area contributed by atoms with Gasteiger partial charge < -0.3 is 5.32 Å². The number of benzene rings is 1. The van der Waals surface area contributed by atoms with Crippen LogP contribution in [0, 0.1) is 5.82 Å². The number of rotatable bonds is 2. The third-order valence-electron chi connectivity index (χ3n) is 2.70. The van der Waals surface area contributed by atoms with Gasteiger partial charge in [-0.2, -0.15) is 0 Å². The molecule has 1 aromatic carbocycles. The van der Waals surface area contributed by atoms with Crippen molar-refractivity contribution in [2.45, 2.75) is 17.2 Å². The molecule has 3 N–H and O–H groups in total. The molecule has 2 rings (SSSR count). The highest BCUT2D eigenvalue weighted by Gasteiger charge is 2.18. The lowest BCUT2D eigenvalue weighted by molar-refractivity contribution is 0.589. The van der Waals surface area contributed by atoms with Crippen molar-refractivity contribution in [1.82, 2.24) is 5.32 Å². The minimum atomic E-state index is -1.74. The van der Waals surface area contributed by atoms with E-state index in [2.05, 4.69) is 5.32 Å². The zero-order chi connectivity index (χ0) is 10.8. The Kier molecular flexibility index (Phi) is 3.14. The second-order valence-corrected chi connectivity index (χ2v) is 4.71. The van der Waals surface area contributed by atoms with Crippen LogP contribution in [-0.2, 0) is 11.0 Å². The van der Waals surface area contributed by atoms with Crippen LogP contribution in [-0.4, -0.2) is 17.3 Å². The fourth-order valence-corrected chi connectivity index (χ4v) is 2.33. The van der Waals surface area contributed by atoms with Gasteiger partial charge in [-0.05, 0) is 36.6 Å². The van der Waals surface area contributed by atoms with E-state index in [9.17, 15) is 8.60 Å². The van der Waals surface area contributed by atoms with Crippen molar-refractivity contribution in [2.75, 3.05) is 13.1 Å². The maximum atomic E-state index is 13.5. The minimum absolute atomic E-state index is 0.0738. The molecular formula is C10H13FN2OS. The maximum Gasteiger partial charge on any atom is 0.140 e. The second kappa shape index (κ2) is 4.38. The van der Waals surface area contributed by atoms with Crippen molar-refractivity contribution in [3.8, 4) is 0 Å². The molecule has 0 spiro atoms. The Morgan fingerprint density at radius 2 is 2.33 bits per heavy atom. The molecule has 1 aliphatic heterocycles. The third-order valence-corrected chi connectivity index (χ3v) is 3.47. The van der Waals surface area contributed by atoms with Crippen molar-refractivity contribution in [3.63, 3.8) is 0 Å². The topological polar surface area (TPSA) is 55.1 Å². The summed E-state index contributed by atoms with van der Waals surface area (Å²) in [6.07, 6.45) is 1.02. The molecule has 82 valence electrons. The standard InChI is InChI=1S/C10H13FN2OS/c11-9-5-7(8-3-4-13-6-8)1-2-10(9)15(12)14/h1-2,5,8,13H,3-4,6,12H2. The third kappa shape index (κ3) is 2.25. The number of hydrogen-bond donors (Lipinski definition) is 2. The van der Waals surface area contributed by atoms with E-state index < -0.39 is 16.8 Å². The molecule has 0 aliphatic carbocycles. The molecular weight excluding hydrogens is 215 g/mol. The summed E-state index contributed by atoms with van der Waals surface area (Å²) in [5, 5.41) is 8.36. The van der Waals surface area contributed by atoms with Gasteiger partial charge >= 0.3 is 0 Å². The van der Waals surface area contributed by atoms with Gasteiger partial charge in [-0.3, -0.25) is 0 Å². The average Bonchev–Trinajstić information content (AvgIpc) is 2.69. The Labute approximate surface area is 90.5 Å². The van der Waals surface area contributed by atoms with E-state index >= 15 is 0 Å². The van der Waals surface area contributed by atoms with Crippen LogP contribution in [0.15, 0.2) is 23.1 Å². The van der Waals surface area contributed by atoms with Gasteiger partial charge in [-0.1, -0.05) is 6.07 Å². The zero-order valence-electron chi connectivity index (χ0n) is 8.20. The summed E-state index contributed by atoms with van der Waals surface area (Å²) in [7, 11) is -1.74.